The fourth-order valence-electron chi connectivity index (χ4n) is 3.30. The monoisotopic (exact) mass is 471 g/mol. The van der Waals surface area contributed by atoms with Gasteiger partial charge in [0.2, 0.25) is 10.0 Å². The van der Waals surface area contributed by atoms with Gasteiger partial charge < -0.3 is 14.6 Å². The number of hydrogen-bond acceptors (Lipinski definition) is 7. The molecule has 0 saturated carbocycles. The number of aromatic nitrogens is 2. The molecule has 0 aliphatic carbocycles. The van der Waals surface area contributed by atoms with Gasteiger partial charge in [0.25, 0.3) is 0 Å². The van der Waals surface area contributed by atoms with Crippen molar-refractivity contribution in [1.82, 2.24) is 14.3 Å². The Morgan fingerprint density at radius 2 is 1.36 bits per heavy atom. The first-order valence-electron chi connectivity index (χ1n) is 10.5. The number of aryl methyl sites for hydroxylation is 1. The fourth-order valence-corrected chi connectivity index (χ4v) is 4.89. The highest BCUT2D eigenvalue weighted by Gasteiger charge is 2.35. The summed E-state index contributed by atoms with van der Waals surface area (Å²) in [5.74, 6) is 1.37. The largest absolute Gasteiger partial charge is 0.497 e. The maximum atomic E-state index is 13.6. The summed E-state index contributed by atoms with van der Waals surface area (Å²) in [7, 11) is -0.782. The van der Waals surface area contributed by atoms with Crippen molar-refractivity contribution in [3.63, 3.8) is 0 Å². The van der Waals surface area contributed by atoms with Crippen molar-refractivity contribution in [1.29, 1.82) is 0 Å². The lowest BCUT2D eigenvalue weighted by molar-refractivity contribution is 0.167. The molecule has 0 fully saturated rings. The molecule has 2 aromatic carbocycles. The van der Waals surface area contributed by atoms with Crippen molar-refractivity contribution < 1.29 is 23.0 Å². The van der Waals surface area contributed by atoms with E-state index in [0.717, 1.165) is 11.1 Å². The Balaban J connectivity index is 1.91. The first-order valence-corrected chi connectivity index (χ1v) is 12.0. The van der Waals surface area contributed by atoms with E-state index in [2.05, 4.69) is 9.97 Å². The van der Waals surface area contributed by atoms with Crippen LogP contribution in [0.15, 0.2) is 60.9 Å². The number of aliphatic hydroxyl groups is 1. The van der Waals surface area contributed by atoms with E-state index >= 15 is 0 Å². The van der Waals surface area contributed by atoms with Crippen LogP contribution in [0, 0.1) is 6.92 Å². The number of rotatable bonds is 10. The average molecular weight is 472 g/mol. The SMILES string of the molecule is COc1ccc(CN(Cc2ccc(OC)cc2)S(=O)(=O)C(C)C(O)c2cnc(C)cn2)cc1. The summed E-state index contributed by atoms with van der Waals surface area (Å²) < 4.78 is 39.0. The van der Waals surface area contributed by atoms with Gasteiger partial charge in [-0.3, -0.25) is 9.97 Å². The smallest absolute Gasteiger partial charge is 0.220 e. The van der Waals surface area contributed by atoms with Crippen LogP contribution < -0.4 is 9.47 Å². The van der Waals surface area contributed by atoms with Crippen LogP contribution in [0.3, 0.4) is 0 Å². The maximum absolute atomic E-state index is 13.6. The van der Waals surface area contributed by atoms with Gasteiger partial charge in [-0.25, -0.2) is 8.42 Å². The van der Waals surface area contributed by atoms with Gasteiger partial charge in [-0.2, -0.15) is 4.31 Å². The number of sulfonamides is 1. The highest BCUT2D eigenvalue weighted by atomic mass is 32.2. The summed E-state index contributed by atoms with van der Waals surface area (Å²) in [5, 5.41) is 9.66. The molecule has 9 heteroatoms. The lowest BCUT2D eigenvalue weighted by Crippen LogP contribution is -2.39. The van der Waals surface area contributed by atoms with Crippen molar-refractivity contribution in [3.8, 4) is 11.5 Å². The van der Waals surface area contributed by atoms with Gasteiger partial charge in [0.1, 0.15) is 22.9 Å². The zero-order valence-electron chi connectivity index (χ0n) is 19.2. The minimum atomic E-state index is -3.93. The van der Waals surface area contributed by atoms with Crippen molar-refractivity contribution in [2.24, 2.45) is 0 Å². The first kappa shape index (κ1) is 24.6. The molecule has 33 heavy (non-hydrogen) atoms. The van der Waals surface area contributed by atoms with Crippen LogP contribution in [0.5, 0.6) is 11.5 Å². The third-order valence-electron chi connectivity index (χ3n) is 5.41. The Bertz CT molecular complexity index is 1080. The second kappa shape index (κ2) is 10.7. The molecule has 3 rings (SSSR count). The predicted molar refractivity (Wildman–Crippen MR) is 125 cm³/mol. The van der Waals surface area contributed by atoms with E-state index in [0.29, 0.717) is 17.2 Å². The standard InChI is InChI=1S/C24H29N3O5S/c1-17-13-26-23(14-25-17)24(28)18(2)33(29,30)27(15-19-5-9-21(31-3)10-6-19)16-20-7-11-22(32-4)12-8-20/h5-14,18,24,28H,15-16H2,1-4H3. The predicted octanol–water partition coefficient (Wildman–Crippen LogP) is 3.26. The first-order chi connectivity index (χ1) is 15.7. The number of hydrogen-bond donors (Lipinski definition) is 1. The van der Waals surface area contributed by atoms with Crippen LogP contribution in [-0.2, 0) is 23.1 Å². The van der Waals surface area contributed by atoms with E-state index in [-0.39, 0.29) is 18.8 Å². The van der Waals surface area contributed by atoms with Crippen LogP contribution in [0.1, 0.15) is 35.5 Å². The van der Waals surface area contributed by atoms with Crippen molar-refractivity contribution in [2.45, 2.75) is 38.3 Å². The summed E-state index contributed by atoms with van der Waals surface area (Å²) in [4.78, 5) is 8.28. The molecule has 0 aliphatic heterocycles. The zero-order valence-corrected chi connectivity index (χ0v) is 20.0. The molecule has 176 valence electrons. The molecule has 1 N–H and O–H groups in total. The Morgan fingerprint density at radius 1 is 0.879 bits per heavy atom. The van der Waals surface area contributed by atoms with Crippen LogP contribution >= 0.6 is 0 Å². The number of aliphatic hydroxyl groups excluding tert-OH is 1. The third kappa shape index (κ3) is 6.07. The summed E-state index contributed by atoms with van der Waals surface area (Å²) in [6.07, 6.45) is 1.59. The van der Waals surface area contributed by atoms with Crippen LogP contribution in [0.2, 0.25) is 0 Å². The van der Waals surface area contributed by atoms with E-state index in [1.54, 1.807) is 45.4 Å². The molecule has 0 bridgehead atoms. The van der Waals surface area contributed by atoms with Gasteiger partial charge in [-0.05, 0) is 49.2 Å². The maximum Gasteiger partial charge on any atom is 0.220 e. The highest BCUT2D eigenvalue weighted by Crippen LogP contribution is 2.26. The quantitative estimate of drug-likeness (QED) is 0.484. The number of benzene rings is 2. The third-order valence-corrected chi connectivity index (χ3v) is 7.59. The molecule has 0 saturated heterocycles. The summed E-state index contributed by atoms with van der Waals surface area (Å²) in [6.45, 7) is 3.52. The van der Waals surface area contributed by atoms with Crippen LogP contribution in [0.4, 0.5) is 0 Å². The van der Waals surface area contributed by atoms with E-state index in [4.69, 9.17) is 9.47 Å². The normalized spacial score (nSPS) is 13.5. The van der Waals surface area contributed by atoms with E-state index < -0.39 is 21.4 Å². The van der Waals surface area contributed by atoms with Crippen molar-refractivity contribution in [3.05, 3.63) is 83.4 Å². The topological polar surface area (TPSA) is 102 Å². The number of methoxy groups -OCH3 is 2. The Hall–Kier alpha value is -3.01. The molecule has 1 heterocycles. The molecule has 0 radical (unpaired) electrons. The van der Waals surface area contributed by atoms with Gasteiger partial charge in [-0.15, -0.1) is 0 Å². The molecule has 3 aromatic rings. The summed E-state index contributed by atoms with van der Waals surface area (Å²) in [5.41, 5.74) is 2.49. The molecular weight excluding hydrogens is 442 g/mol. The van der Waals surface area contributed by atoms with Crippen molar-refractivity contribution in [2.75, 3.05) is 14.2 Å². The van der Waals surface area contributed by atoms with Crippen molar-refractivity contribution >= 4 is 10.0 Å². The molecular formula is C24H29N3O5S. The van der Waals surface area contributed by atoms with Crippen LogP contribution in [0.25, 0.3) is 0 Å². The second-order valence-electron chi connectivity index (χ2n) is 7.74. The minimum Gasteiger partial charge on any atom is -0.497 e. The number of nitrogens with zero attached hydrogens (tertiary/aromatic N) is 3. The molecule has 8 nitrogen and oxygen atoms in total. The lowest BCUT2D eigenvalue weighted by atomic mass is 10.2. The Morgan fingerprint density at radius 3 is 1.76 bits per heavy atom. The van der Waals surface area contributed by atoms with E-state index in [1.807, 2.05) is 24.3 Å². The van der Waals surface area contributed by atoms with Gasteiger partial charge in [-0.1, -0.05) is 24.3 Å². The van der Waals surface area contributed by atoms with Gasteiger partial charge in [0.05, 0.1) is 31.8 Å². The Kier molecular flexibility index (Phi) is 8.01. The zero-order chi connectivity index (χ0) is 24.0. The minimum absolute atomic E-state index is 0.134. The fraction of sp³-hybridized carbons (Fsp3) is 0.333. The lowest BCUT2D eigenvalue weighted by Gasteiger charge is -2.28. The van der Waals surface area contributed by atoms with E-state index in [1.165, 1.54) is 23.6 Å². The summed E-state index contributed by atoms with van der Waals surface area (Å²) >= 11 is 0. The van der Waals surface area contributed by atoms with E-state index in [9.17, 15) is 13.5 Å². The highest BCUT2D eigenvalue weighted by molar-refractivity contribution is 7.89. The molecule has 2 atom stereocenters. The molecule has 1 aromatic heterocycles. The molecule has 2 unspecified atom stereocenters. The Labute approximate surface area is 194 Å². The molecule has 0 spiro atoms. The van der Waals surface area contributed by atoms with Gasteiger partial charge in [0, 0.05) is 19.3 Å². The second-order valence-corrected chi connectivity index (χ2v) is 10.0. The van der Waals surface area contributed by atoms with Gasteiger partial charge >= 0.3 is 0 Å². The molecule has 0 amide bonds. The van der Waals surface area contributed by atoms with Gasteiger partial charge in [0.15, 0.2) is 0 Å². The average Bonchev–Trinajstić information content (AvgIpc) is 2.84. The summed E-state index contributed by atoms with van der Waals surface area (Å²) in [6, 6.07) is 14.4. The molecule has 0 aliphatic rings. The van der Waals surface area contributed by atoms with Crippen LogP contribution in [-0.4, -0.2) is 47.3 Å². The number of ether oxygens (including phenoxy) is 2.